The number of esters is 1. The first-order valence-electron chi connectivity index (χ1n) is 4.93. The molecule has 4 nitrogen and oxygen atoms in total. The minimum absolute atomic E-state index is 0.00734. The van der Waals surface area contributed by atoms with Gasteiger partial charge in [0.1, 0.15) is 0 Å². The average Bonchev–Trinajstić information content (AvgIpc) is 2.26. The van der Waals surface area contributed by atoms with Gasteiger partial charge in [0.2, 0.25) is 0 Å². The zero-order valence-corrected chi connectivity index (χ0v) is 9.58. The van der Waals surface area contributed by atoms with Gasteiger partial charge in [-0.25, -0.2) is 0 Å². The van der Waals surface area contributed by atoms with Gasteiger partial charge in [-0.15, -0.1) is 18.4 Å². The first kappa shape index (κ1) is 14.2. The van der Waals surface area contributed by atoms with E-state index >= 15 is 0 Å². The van der Waals surface area contributed by atoms with E-state index in [-0.39, 0.29) is 12.8 Å². The third-order valence-corrected chi connectivity index (χ3v) is 2.17. The third kappa shape index (κ3) is 3.13. The van der Waals surface area contributed by atoms with Crippen molar-refractivity contribution in [3.05, 3.63) is 12.7 Å². The lowest BCUT2D eigenvalue weighted by Crippen LogP contribution is -2.39. The number of hydrogen-bond acceptors (Lipinski definition) is 3. The van der Waals surface area contributed by atoms with Crippen molar-refractivity contribution < 1.29 is 19.4 Å². The van der Waals surface area contributed by atoms with E-state index in [1.165, 1.54) is 6.08 Å². The number of carboxylic acid groups (broad SMARTS) is 1. The van der Waals surface area contributed by atoms with Crippen LogP contribution in [0.2, 0.25) is 0 Å². The lowest BCUT2D eigenvalue weighted by atomic mass is 9.81. The zero-order valence-electron chi connectivity index (χ0n) is 9.58. The summed E-state index contributed by atoms with van der Waals surface area (Å²) < 4.78 is 4.52. The fraction of sp³-hybridized carbons (Fsp3) is 0.500. The molecule has 4 heteroatoms. The number of allylic oxidation sites excluding steroid dienone is 1. The number of hydrogen-bond donors (Lipinski definition) is 1. The average molecular weight is 224 g/mol. The molecule has 0 aromatic heterocycles. The highest BCUT2D eigenvalue weighted by Gasteiger charge is 2.45. The molecule has 0 saturated heterocycles. The third-order valence-electron chi connectivity index (χ3n) is 2.17. The standard InChI is InChI=1S/C12H16O4/c1-4-6-7-9-12(8-5-2,10(13)14)11(15)16-3/h5H,2,4,8-9H2,1,3H3,(H,13,14). The van der Waals surface area contributed by atoms with Crippen LogP contribution in [0.4, 0.5) is 0 Å². The Morgan fingerprint density at radius 1 is 1.50 bits per heavy atom. The smallest absolute Gasteiger partial charge is 0.324 e. The Bertz CT molecular complexity index is 335. The lowest BCUT2D eigenvalue weighted by molar-refractivity contribution is -0.166. The van der Waals surface area contributed by atoms with Crippen LogP contribution in [0.1, 0.15) is 26.2 Å². The summed E-state index contributed by atoms with van der Waals surface area (Å²) in [7, 11) is 1.16. The van der Waals surface area contributed by atoms with Crippen molar-refractivity contribution in [1.82, 2.24) is 0 Å². The summed E-state index contributed by atoms with van der Waals surface area (Å²) in [6.07, 6.45) is 1.95. The Morgan fingerprint density at radius 2 is 2.12 bits per heavy atom. The van der Waals surface area contributed by atoms with Gasteiger partial charge in [0, 0.05) is 12.8 Å². The van der Waals surface area contributed by atoms with Crippen molar-refractivity contribution in [3.8, 4) is 11.8 Å². The van der Waals surface area contributed by atoms with Gasteiger partial charge in [-0.2, -0.15) is 0 Å². The zero-order chi connectivity index (χ0) is 12.6. The molecule has 1 N–H and O–H groups in total. The number of ether oxygens (including phenoxy) is 1. The molecule has 0 aliphatic heterocycles. The van der Waals surface area contributed by atoms with E-state index < -0.39 is 17.4 Å². The predicted octanol–water partition coefficient (Wildman–Crippen LogP) is 1.61. The van der Waals surface area contributed by atoms with Gasteiger partial charge >= 0.3 is 11.9 Å². The summed E-state index contributed by atoms with van der Waals surface area (Å²) in [4.78, 5) is 22.7. The van der Waals surface area contributed by atoms with E-state index in [2.05, 4.69) is 23.2 Å². The maximum Gasteiger partial charge on any atom is 0.324 e. The van der Waals surface area contributed by atoms with Gasteiger partial charge in [-0.1, -0.05) is 13.0 Å². The molecule has 1 unspecified atom stereocenters. The van der Waals surface area contributed by atoms with Gasteiger partial charge in [-0.3, -0.25) is 9.59 Å². The second kappa shape index (κ2) is 6.67. The van der Waals surface area contributed by atoms with E-state index in [0.717, 1.165) is 7.11 Å². The van der Waals surface area contributed by atoms with Gasteiger partial charge in [0.25, 0.3) is 0 Å². The minimum Gasteiger partial charge on any atom is -0.480 e. The number of rotatable bonds is 5. The van der Waals surface area contributed by atoms with Crippen molar-refractivity contribution in [3.63, 3.8) is 0 Å². The normalized spacial score (nSPS) is 12.9. The molecule has 0 spiro atoms. The van der Waals surface area contributed by atoms with Crippen LogP contribution < -0.4 is 0 Å². The van der Waals surface area contributed by atoms with Gasteiger partial charge in [-0.05, 0) is 6.42 Å². The number of carbonyl (C=O) groups excluding carboxylic acids is 1. The Balaban J connectivity index is 5.16. The van der Waals surface area contributed by atoms with Gasteiger partial charge in [0.15, 0.2) is 5.41 Å². The second-order valence-corrected chi connectivity index (χ2v) is 3.26. The predicted molar refractivity (Wildman–Crippen MR) is 59.6 cm³/mol. The van der Waals surface area contributed by atoms with Crippen LogP contribution in [0.5, 0.6) is 0 Å². The van der Waals surface area contributed by atoms with Crippen LogP contribution in [0.25, 0.3) is 0 Å². The Labute approximate surface area is 95.3 Å². The molecule has 0 radical (unpaired) electrons. The number of carbonyl (C=O) groups is 2. The largest absolute Gasteiger partial charge is 0.480 e. The maximum atomic E-state index is 11.5. The quantitative estimate of drug-likeness (QED) is 0.333. The van der Waals surface area contributed by atoms with Crippen molar-refractivity contribution in [1.29, 1.82) is 0 Å². The fourth-order valence-corrected chi connectivity index (χ4v) is 1.26. The van der Waals surface area contributed by atoms with E-state index in [1.807, 2.05) is 6.92 Å². The van der Waals surface area contributed by atoms with Crippen molar-refractivity contribution in [2.45, 2.75) is 26.2 Å². The number of aliphatic carboxylic acids is 1. The summed E-state index contributed by atoms with van der Waals surface area (Å²) in [5.74, 6) is 3.40. The number of methoxy groups -OCH3 is 1. The summed E-state index contributed by atoms with van der Waals surface area (Å²) >= 11 is 0. The highest BCUT2D eigenvalue weighted by Crippen LogP contribution is 2.29. The molecule has 0 aliphatic carbocycles. The van der Waals surface area contributed by atoms with Crippen molar-refractivity contribution in [2.75, 3.05) is 7.11 Å². The summed E-state index contributed by atoms with van der Waals surface area (Å²) in [6, 6.07) is 0. The maximum absolute atomic E-state index is 11.5. The molecular weight excluding hydrogens is 208 g/mol. The Kier molecular flexibility index (Phi) is 5.94. The molecular formula is C12H16O4. The molecule has 0 amide bonds. The van der Waals surface area contributed by atoms with Crippen molar-refractivity contribution in [2.24, 2.45) is 5.41 Å². The molecule has 0 bridgehead atoms. The molecule has 0 aromatic rings. The first-order chi connectivity index (χ1) is 7.55. The molecule has 0 aliphatic rings. The summed E-state index contributed by atoms with van der Waals surface area (Å²) in [5.41, 5.74) is -1.63. The second-order valence-electron chi connectivity index (χ2n) is 3.26. The highest BCUT2D eigenvalue weighted by atomic mass is 16.5. The van der Waals surface area contributed by atoms with Gasteiger partial charge in [0.05, 0.1) is 7.11 Å². The molecule has 0 rings (SSSR count). The van der Waals surface area contributed by atoms with Crippen LogP contribution in [-0.2, 0) is 14.3 Å². The van der Waals surface area contributed by atoms with Gasteiger partial charge < -0.3 is 9.84 Å². The molecule has 0 heterocycles. The molecule has 1 atom stereocenters. The van der Waals surface area contributed by atoms with Crippen LogP contribution in [0, 0.1) is 17.3 Å². The highest BCUT2D eigenvalue weighted by molar-refractivity contribution is 5.99. The Hall–Kier alpha value is -1.76. The van der Waals surface area contributed by atoms with E-state index in [4.69, 9.17) is 5.11 Å². The summed E-state index contributed by atoms with van der Waals surface area (Å²) in [6.45, 7) is 5.30. The molecule has 0 aromatic carbocycles. The van der Waals surface area contributed by atoms with E-state index in [9.17, 15) is 9.59 Å². The topological polar surface area (TPSA) is 63.6 Å². The molecule has 16 heavy (non-hydrogen) atoms. The monoisotopic (exact) mass is 224 g/mol. The molecule has 0 fully saturated rings. The van der Waals surface area contributed by atoms with Crippen LogP contribution in [0.15, 0.2) is 12.7 Å². The minimum atomic E-state index is -1.63. The van der Waals surface area contributed by atoms with Crippen molar-refractivity contribution >= 4 is 11.9 Å². The Morgan fingerprint density at radius 3 is 2.50 bits per heavy atom. The van der Waals surface area contributed by atoms with Crippen LogP contribution in [-0.4, -0.2) is 24.2 Å². The number of carboxylic acids is 1. The lowest BCUT2D eigenvalue weighted by Gasteiger charge is -2.22. The fourth-order valence-electron chi connectivity index (χ4n) is 1.26. The molecule has 88 valence electrons. The summed E-state index contributed by atoms with van der Waals surface area (Å²) in [5, 5.41) is 9.14. The van der Waals surface area contributed by atoms with E-state index in [0.29, 0.717) is 6.42 Å². The SMILES string of the molecule is C=CCC(CC#CCC)(C(=O)O)C(=O)OC. The molecule has 0 saturated carbocycles. The van der Waals surface area contributed by atoms with Crippen LogP contribution >= 0.6 is 0 Å². The van der Waals surface area contributed by atoms with Crippen LogP contribution in [0.3, 0.4) is 0 Å². The first-order valence-corrected chi connectivity index (χ1v) is 4.93. The van der Waals surface area contributed by atoms with E-state index in [1.54, 1.807) is 0 Å².